The van der Waals surface area contributed by atoms with E-state index in [9.17, 15) is 9.59 Å². The smallest absolute Gasteiger partial charge is 0.410 e. The molecule has 0 heterocycles. The zero-order valence-electron chi connectivity index (χ0n) is 12.4. The summed E-state index contributed by atoms with van der Waals surface area (Å²) in [4.78, 5) is 24.5. The van der Waals surface area contributed by atoms with Crippen LogP contribution in [0.2, 0.25) is 0 Å². The molecule has 5 nitrogen and oxygen atoms in total. The van der Waals surface area contributed by atoms with E-state index in [4.69, 9.17) is 9.47 Å². The Hall–Kier alpha value is -2.04. The van der Waals surface area contributed by atoms with Crippen LogP contribution in [0.3, 0.4) is 0 Å². The first kappa shape index (κ1) is 16.0. The largest absolute Gasteiger partial charge is 0.459 e. The second kappa shape index (κ2) is 6.93. The molecule has 0 saturated heterocycles. The van der Waals surface area contributed by atoms with Crippen LogP contribution in [-0.4, -0.2) is 36.2 Å². The Kier molecular flexibility index (Phi) is 5.55. The number of carbonyl (C=O) groups is 2. The van der Waals surface area contributed by atoms with Gasteiger partial charge < -0.3 is 14.4 Å². The van der Waals surface area contributed by atoms with Crippen molar-refractivity contribution in [1.29, 1.82) is 0 Å². The molecule has 0 radical (unpaired) electrons. The molecule has 1 amide bonds. The summed E-state index contributed by atoms with van der Waals surface area (Å²) in [6.45, 7) is 5.37. The minimum absolute atomic E-state index is 0.137. The summed E-state index contributed by atoms with van der Waals surface area (Å²) in [5.41, 5.74) is 0.319. The fourth-order valence-electron chi connectivity index (χ4n) is 1.38. The summed E-state index contributed by atoms with van der Waals surface area (Å²) in [5.74, 6) is -0.470. The van der Waals surface area contributed by atoms with Crippen LogP contribution in [0.4, 0.5) is 4.79 Å². The second-order valence-electron chi connectivity index (χ2n) is 5.48. The van der Waals surface area contributed by atoms with Gasteiger partial charge in [0, 0.05) is 7.05 Å². The maximum absolute atomic E-state index is 11.7. The van der Waals surface area contributed by atoms with Gasteiger partial charge in [-0.2, -0.15) is 0 Å². The Morgan fingerprint density at radius 1 is 1.15 bits per heavy atom. The highest BCUT2D eigenvalue weighted by Gasteiger charge is 2.21. The molecular weight excluding hydrogens is 258 g/mol. The lowest BCUT2D eigenvalue weighted by Gasteiger charge is -2.24. The molecule has 0 bridgehead atoms. The maximum Gasteiger partial charge on any atom is 0.410 e. The lowest BCUT2D eigenvalue weighted by molar-refractivity contribution is -0.145. The monoisotopic (exact) mass is 279 g/mol. The average molecular weight is 279 g/mol. The molecule has 110 valence electrons. The van der Waals surface area contributed by atoms with Crippen molar-refractivity contribution in [2.45, 2.75) is 33.0 Å². The Balaban J connectivity index is 2.36. The van der Waals surface area contributed by atoms with Crippen molar-refractivity contribution in [2.75, 3.05) is 13.6 Å². The number of hydrogen-bond acceptors (Lipinski definition) is 4. The minimum Gasteiger partial charge on any atom is -0.459 e. The molecule has 0 aliphatic rings. The summed E-state index contributed by atoms with van der Waals surface area (Å²) in [7, 11) is 1.50. The van der Waals surface area contributed by atoms with Gasteiger partial charge in [0.25, 0.3) is 0 Å². The predicted molar refractivity (Wildman–Crippen MR) is 75.1 cm³/mol. The number of amides is 1. The molecule has 0 aromatic heterocycles. The molecular formula is C15H21NO4. The van der Waals surface area contributed by atoms with Crippen molar-refractivity contribution in [2.24, 2.45) is 0 Å². The molecule has 0 aliphatic heterocycles. The van der Waals surface area contributed by atoms with Crippen molar-refractivity contribution < 1.29 is 19.1 Å². The van der Waals surface area contributed by atoms with E-state index in [1.54, 1.807) is 20.8 Å². The molecule has 20 heavy (non-hydrogen) atoms. The molecule has 0 aliphatic carbocycles. The van der Waals surface area contributed by atoms with Crippen LogP contribution in [0.1, 0.15) is 26.3 Å². The van der Waals surface area contributed by atoms with Crippen LogP contribution >= 0.6 is 0 Å². The summed E-state index contributed by atoms with van der Waals surface area (Å²) in [5, 5.41) is 0. The topological polar surface area (TPSA) is 55.8 Å². The Labute approximate surface area is 119 Å². The first-order valence-corrected chi connectivity index (χ1v) is 6.41. The molecule has 0 unspecified atom stereocenters. The number of carbonyl (C=O) groups excluding carboxylic acids is 2. The fourth-order valence-corrected chi connectivity index (χ4v) is 1.38. The molecule has 0 atom stereocenters. The van der Waals surface area contributed by atoms with Crippen LogP contribution in [0.25, 0.3) is 0 Å². The van der Waals surface area contributed by atoms with E-state index < -0.39 is 17.7 Å². The average Bonchev–Trinajstić information content (AvgIpc) is 2.35. The third-order valence-electron chi connectivity index (χ3n) is 2.31. The summed E-state index contributed by atoms with van der Waals surface area (Å²) < 4.78 is 10.2. The molecule has 0 spiro atoms. The van der Waals surface area contributed by atoms with Gasteiger partial charge >= 0.3 is 12.1 Å². The van der Waals surface area contributed by atoms with Crippen LogP contribution in [0, 0.1) is 0 Å². The van der Waals surface area contributed by atoms with Gasteiger partial charge in [-0.05, 0) is 26.3 Å². The first-order valence-electron chi connectivity index (χ1n) is 6.41. The fraction of sp³-hybridized carbons (Fsp3) is 0.467. The number of rotatable bonds is 4. The van der Waals surface area contributed by atoms with E-state index in [0.717, 1.165) is 5.56 Å². The van der Waals surface area contributed by atoms with E-state index in [1.165, 1.54) is 11.9 Å². The normalized spacial score (nSPS) is 10.8. The number of likely N-dealkylation sites (N-methyl/N-ethyl adjacent to an activating group) is 1. The number of nitrogens with zero attached hydrogens (tertiary/aromatic N) is 1. The summed E-state index contributed by atoms with van der Waals surface area (Å²) in [6.07, 6.45) is -0.547. The highest BCUT2D eigenvalue weighted by Crippen LogP contribution is 2.09. The SMILES string of the molecule is CN(CC(=O)OCc1ccccc1)C(=O)OC(C)(C)C. The van der Waals surface area contributed by atoms with Crippen molar-refractivity contribution in [3.8, 4) is 0 Å². The van der Waals surface area contributed by atoms with Crippen LogP contribution < -0.4 is 0 Å². The first-order chi connectivity index (χ1) is 9.28. The molecule has 1 aromatic carbocycles. The molecule has 0 fully saturated rings. The lowest BCUT2D eigenvalue weighted by Crippen LogP contribution is -2.37. The van der Waals surface area contributed by atoms with E-state index >= 15 is 0 Å². The summed E-state index contributed by atoms with van der Waals surface area (Å²) in [6, 6.07) is 9.36. The second-order valence-corrected chi connectivity index (χ2v) is 5.48. The van der Waals surface area contributed by atoms with E-state index in [2.05, 4.69) is 0 Å². The number of esters is 1. The molecule has 0 N–H and O–H groups in total. The number of ether oxygens (including phenoxy) is 2. The summed E-state index contributed by atoms with van der Waals surface area (Å²) >= 11 is 0. The molecule has 1 aromatic rings. The van der Waals surface area contributed by atoms with Crippen molar-refractivity contribution in [3.63, 3.8) is 0 Å². The van der Waals surface area contributed by atoms with Gasteiger partial charge in [-0.25, -0.2) is 4.79 Å². The van der Waals surface area contributed by atoms with Gasteiger partial charge in [0.1, 0.15) is 18.8 Å². The van der Waals surface area contributed by atoms with E-state index in [1.807, 2.05) is 30.3 Å². The number of benzene rings is 1. The van der Waals surface area contributed by atoms with Gasteiger partial charge in [0.2, 0.25) is 0 Å². The van der Waals surface area contributed by atoms with Crippen LogP contribution in [0.15, 0.2) is 30.3 Å². The Morgan fingerprint density at radius 2 is 1.75 bits per heavy atom. The quantitative estimate of drug-likeness (QED) is 0.795. The van der Waals surface area contributed by atoms with Gasteiger partial charge in [-0.3, -0.25) is 4.79 Å². The predicted octanol–water partition coefficient (Wildman–Crippen LogP) is 2.60. The third-order valence-corrected chi connectivity index (χ3v) is 2.31. The van der Waals surface area contributed by atoms with Crippen molar-refractivity contribution in [3.05, 3.63) is 35.9 Å². The van der Waals surface area contributed by atoms with Crippen molar-refractivity contribution in [1.82, 2.24) is 4.90 Å². The standard InChI is InChI=1S/C15H21NO4/c1-15(2,3)20-14(18)16(4)10-13(17)19-11-12-8-6-5-7-9-12/h5-9H,10-11H2,1-4H3. The van der Waals surface area contributed by atoms with Gasteiger partial charge in [0.15, 0.2) is 0 Å². The zero-order valence-corrected chi connectivity index (χ0v) is 12.4. The van der Waals surface area contributed by atoms with Crippen LogP contribution in [-0.2, 0) is 20.9 Å². The highest BCUT2D eigenvalue weighted by molar-refractivity contribution is 5.78. The van der Waals surface area contributed by atoms with E-state index in [0.29, 0.717) is 0 Å². The van der Waals surface area contributed by atoms with E-state index in [-0.39, 0.29) is 13.2 Å². The minimum atomic E-state index is -0.584. The molecule has 5 heteroatoms. The molecule has 0 saturated carbocycles. The zero-order chi connectivity index (χ0) is 15.2. The highest BCUT2D eigenvalue weighted by atomic mass is 16.6. The van der Waals surface area contributed by atoms with Gasteiger partial charge in [0.05, 0.1) is 0 Å². The Morgan fingerprint density at radius 3 is 2.30 bits per heavy atom. The van der Waals surface area contributed by atoms with Gasteiger partial charge in [-0.15, -0.1) is 0 Å². The van der Waals surface area contributed by atoms with Crippen LogP contribution in [0.5, 0.6) is 0 Å². The maximum atomic E-state index is 11.7. The van der Waals surface area contributed by atoms with Gasteiger partial charge in [-0.1, -0.05) is 30.3 Å². The Bertz CT molecular complexity index is 451. The molecule has 1 rings (SSSR count). The lowest BCUT2D eigenvalue weighted by atomic mass is 10.2. The third kappa shape index (κ3) is 6.22. The number of hydrogen-bond donors (Lipinski definition) is 0. The van der Waals surface area contributed by atoms with Crippen molar-refractivity contribution >= 4 is 12.1 Å².